The summed E-state index contributed by atoms with van der Waals surface area (Å²) in [6, 6.07) is 1.64. The van der Waals surface area contributed by atoms with Gasteiger partial charge in [-0.2, -0.15) is 0 Å². The molecule has 2 amide bonds. The fraction of sp³-hybridized carbons (Fsp3) is 0.652. The van der Waals surface area contributed by atoms with Gasteiger partial charge in [0.15, 0.2) is 0 Å². The molecule has 0 aromatic heterocycles. The highest BCUT2D eigenvalue weighted by molar-refractivity contribution is 6.42. The molecule has 3 saturated carbocycles. The average Bonchev–Trinajstić information content (AvgIpc) is 3.40. The van der Waals surface area contributed by atoms with Crippen LogP contribution in [0.2, 0.25) is 10.0 Å². The van der Waals surface area contributed by atoms with Gasteiger partial charge in [0.2, 0.25) is 11.8 Å². The topological polar surface area (TPSA) is 70.2 Å². The van der Waals surface area contributed by atoms with Crippen molar-refractivity contribution in [3.63, 3.8) is 0 Å². The van der Waals surface area contributed by atoms with Crippen molar-refractivity contribution in [2.45, 2.75) is 75.7 Å². The van der Waals surface area contributed by atoms with Crippen molar-refractivity contribution in [3.8, 4) is 0 Å². The third kappa shape index (κ3) is 4.24. The average molecular weight is 488 g/mol. The number of carbonyl (C=O) groups is 2. The summed E-state index contributed by atoms with van der Waals surface area (Å²) in [5.41, 5.74) is -1.73. The summed E-state index contributed by atoms with van der Waals surface area (Å²) in [5, 5.41) is 9.36. The summed E-state index contributed by atoms with van der Waals surface area (Å²) in [6.45, 7) is 1.45. The largest absolute Gasteiger partial charge is 0.352 e. The van der Waals surface area contributed by atoms with Crippen LogP contribution >= 0.6 is 23.2 Å². The Morgan fingerprint density at radius 3 is 2.34 bits per heavy atom. The highest BCUT2D eigenvalue weighted by atomic mass is 35.5. The number of alkyl halides is 1. The van der Waals surface area contributed by atoms with E-state index in [1.165, 1.54) is 19.1 Å². The standard InChI is InChI=1S/C23H29Cl2F2N3O2/c1-12(31)29-17-10-13(9-16(17)28-2)21(32)30-20(18-15(26)4-3-14(24)19(18)25)22-5-7-23(27,11-22)8-6-22/h3-4,13,16-17,20,28H,5-11H2,1-2H3,(H,29,31)(H,30,32)/t13-,16-,17+,20-,22?,23?/m1/s1. The molecule has 3 fully saturated rings. The maximum atomic E-state index is 15.1. The molecule has 0 saturated heterocycles. The number of amides is 2. The number of likely N-dealkylation sites (N-methyl/N-ethyl adjacent to an activating group) is 1. The normalized spacial score (nSPS) is 34.5. The smallest absolute Gasteiger partial charge is 0.223 e. The van der Waals surface area contributed by atoms with Crippen molar-refractivity contribution in [2.75, 3.05) is 7.05 Å². The van der Waals surface area contributed by atoms with Gasteiger partial charge in [0, 0.05) is 30.5 Å². The predicted octanol–water partition coefficient (Wildman–Crippen LogP) is 4.46. The second kappa shape index (κ2) is 8.73. The zero-order chi connectivity index (χ0) is 23.3. The van der Waals surface area contributed by atoms with Crippen LogP contribution in [0.3, 0.4) is 0 Å². The van der Waals surface area contributed by atoms with Crippen molar-refractivity contribution < 1.29 is 18.4 Å². The molecule has 1 aromatic rings. The molecule has 4 atom stereocenters. The Balaban J connectivity index is 1.63. The molecule has 3 aliphatic rings. The molecule has 176 valence electrons. The molecule has 0 radical (unpaired) electrons. The van der Waals surface area contributed by atoms with Gasteiger partial charge in [0.25, 0.3) is 0 Å². The van der Waals surface area contributed by atoms with Gasteiger partial charge in [0.1, 0.15) is 11.5 Å². The molecule has 2 bridgehead atoms. The van der Waals surface area contributed by atoms with Crippen molar-refractivity contribution in [1.29, 1.82) is 0 Å². The fourth-order valence-electron chi connectivity index (χ4n) is 6.16. The lowest BCUT2D eigenvalue weighted by atomic mass is 9.74. The lowest BCUT2D eigenvalue weighted by Crippen LogP contribution is -2.44. The van der Waals surface area contributed by atoms with E-state index in [0.29, 0.717) is 38.5 Å². The van der Waals surface area contributed by atoms with Crippen LogP contribution in [0, 0.1) is 17.2 Å². The first-order chi connectivity index (χ1) is 15.1. The highest BCUT2D eigenvalue weighted by Gasteiger charge is 2.59. The summed E-state index contributed by atoms with van der Waals surface area (Å²) in [6.07, 6.45) is 3.17. The van der Waals surface area contributed by atoms with Crippen molar-refractivity contribution >= 4 is 35.0 Å². The molecule has 5 nitrogen and oxygen atoms in total. The minimum Gasteiger partial charge on any atom is -0.352 e. The van der Waals surface area contributed by atoms with Gasteiger partial charge >= 0.3 is 0 Å². The first kappa shape index (κ1) is 23.7. The summed E-state index contributed by atoms with van der Waals surface area (Å²) >= 11 is 12.6. The second-order valence-electron chi connectivity index (χ2n) is 9.76. The zero-order valence-electron chi connectivity index (χ0n) is 18.2. The summed E-state index contributed by atoms with van der Waals surface area (Å²) in [7, 11) is 1.79. The van der Waals surface area contributed by atoms with Crippen LogP contribution in [-0.2, 0) is 9.59 Å². The van der Waals surface area contributed by atoms with E-state index in [-0.39, 0.29) is 51.8 Å². The van der Waals surface area contributed by atoms with E-state index in [0.717, 1.165) is 0 Å². The van der Waals surface area contributed by atoms with Gasteiger partial charge in [-0.25, -0.2) is 8.78 Å². The van der Waals surface area contributed by atoms with E-state index < -0.39 is 22.9 Å². The molecule has 0 heterocycles. The van der Waals surface area contributed by atoms with Gasteiger partial charge < -0.3 is 16.0 Å². The van der Waals surface area contributed by atoms with Crippen molar-refractivity contribution in [1.82, 2.24) is 16.0 Å². The van der Waals surface area contributed by atoms with Crippen LogP contribution < -0.4 is 16.0 Å². The van der Waals surface area contributed by atoms with Crippen LogP contribution in [0.4, 0.5) is 8.78 Å². The van der Waals surface area contributed by atoms with Gasteiger partial charge in [-0.15, -0.1) is 0 Å². The van der Waals surface area contributed by atoms with E-state index in [9.17, 15) is 9.59 Å². The number of hydrogen-bond acceptors (Lipinski definition) is 3. The molecular formula is C23H29Cl2F2N3O2. The molecular weight excluding hydrogens is 459 g/mol. The fourth-order valence-corrected chi connectivity index (χ4v) is 6.59. The number of halogens is 4. The molecule has 0 spiro atoms. The number of fused-ring (bicyclic) bond motifs is 2. The Kier molecular flexibility index (Phi) is 6.47. The molecule has 32 heavy (non-hydrogen) atoms. The number of hydrogen-bond donors (Lipinski definition) is 3. The van der Waals surface area contributed by atoms with E-state index >= 15 is 8.78 Å². The van der Waals surface area contributed by atoms with Gasteiger partial charge in [-0.3, -0.25) is 9.59 Å². The zero-order valence-corrected chi connectivity index (χ0v) is 19.8. The Labute approximate surface area is 197 Å². The molecule has 0 aliphatic heterocycles. The number of nitrogens with one attached hydrogen (secondary N) is 3. The lowest BCUT2D eigenvalue weighted by molar-refractivity contribution is -0.127. The predicted molar refractivity (Wildman–Crippen MR) is 120 cm³/mol. The van der Waals surface area contributed by atoms with Crippen molar-refractivity contribution in [3.05, 3.63) is 33.6 Å². The van der Waals surface area contributed by atoms with Crippen LogP contribution in [-0.4, -0.2) is 36.6 Å². The monoisotopic (exact) mass is 487 g/mol. The number of benzene rings is 1. The van der Waals surface area contributed by atoms with E-state index in [4.69, 9.17) is 23.2 Å². The molecule has 3 aliphatic carbocycles. The number of carbonyl (C=O) groups excluding carboxylic acids is 2. The summed E-state index contributed by atoms with van der Waals surface area (Å²) in [4.78, 5) is 24.9. The van der Waals surface area contributed by atoms with E-state index in [1.54, 1.807) is 7.05 Å². The summed E-state index contributed by atoms with van der Waals surface area (Å²) < 4.78 is 30.1. The molecule has 3 N–H and O–H groups in total. The maximum absolute atomic E-state index is 15.1. The first-order valence-corrected chi connectivity index (χ1v) is 11.9. The van der Waals surface area contributed by atoms with Gasteiger partial charge in [0.05, 0.1) is 16.1 Å². The SMILES string of the molecule is CN[C@@H]1C[C@@H](C(=O)N[C@H](c2c(F)ccc(Cl)c2Cl)C23CCC(F)(CC2)C3)C[C@@H]1NC(C)=O. The van der Waals surface area contributed by atoms with Crippen molar-refractivity contribution in [2.24, 2.45) is 11.3 Å². The summed E-state index contributed by atoms with van der Waals surface area (Å²) in [5.74, 6) is -1.33. The molecule has 4 rings (SSSR count). The van der Waals surface area contributed by atoms with Gasteiger partial charge in [-0.1, -0.05) is 23.2 Å². The Bertz CT molecular complexity index is 921. The first-order valence-electron chi connectivity index (χ1n) is 11.1. The third-order valence-electron chi connectivity index (χ3n) is 7.77. The second-order valence-corrected chi connectivity index (χ2v) is 10.5. The van der Waals surface area contributed by atoms with E-state index in [2.05, 4.69) is 16.0 Å². The highest BCUT2D eigenvalue weighted by Crippen LogP contribution is 2.64. The van der Waals surface area contributed by atoms with Crippen LogP contribution in [0.15, 0.2) is 12.1 Å². The van der Waals surface area contributed by atoms with E-state index in [1.807, 2.05) is 0 Å². The van der Waals surface area contributed by atoms with Crippen LogP contribution in [0.25, 0.3) is 0 Å². The number of rotatable bonds is 6. The molecule has 1 aromatic carbocycles. The Hall–Kier alpha value is -1.44. The van der Waals surface area contributed by atoms with Gasteiger partial charge in [-0.05, 0) is 69.5 Å². The maximum Gasteiger partial charge on any atom is 0.223 e. The minimum atomic E-state index is -1.27. The lowest BCUT2D eigenvalue weighted by Gasteiger charge is -2.38. The van der Waals surface area contributed by atoms with Crippen LogP contribution in [0.5, 0.6) is 0 Å². The Morgan fingerprint density at radius 2 is 1.78 bits per heavy atom. The molecule has 0 unspecified atom stereocenters. The third-order valence-corrected chi connectivity index (χ3v) is 8.59. The minimum absolute atomic E-state index is 0.0470. The Morgan fingerprint density at radius 1 is 1.12 bits per heavy atom. The quantitative estimate of drug-likeness (QED) is 0.518. The molecule has 9 heteroatoms. The van der Waals surface area contributed by atoms with Crippen LogP contribution in [0.1, 0.15) is 63.5 Å².